The van der Waals surface area contributed by atoms with Crippen LogP contribution in [-0.2, 0) is 19.3 Å². The minimum Gasteiger partial charge on any atom is -0.0558 e. The summed E-state index contributed by atoms with van der Waals surface area (Å²) in [5.41, 5.74) is 7.39. The van der Waals surface area contributed by atoms with Crippen LogP contribution in [0.3, 0.4) is 0 Å². The van der Waals surface area contributed by atoms with Crippen LogP contribution in [0.4, 0.5) is 0 Å². The molecule has 0 aliphatic heterocycles. The SMILES string of the molecule is c1c(CC23CC4CC(CC(C4)C2)C3)cc(CC23CC4CC(CC(C4)C2)C3)cc1CC12CC3CC(CC(C3)C1)C2. The molecule has 12 aliphatic carbocycles. The van der Waals surface area contributed by atoms with Crippen LogP contribution in [0.15, 0.2) is 18.2 Å². The second-order valence-electron chi connectivity index (χ2n) is 18.9. The average molecular weight is 523 g/mol. The van der Waals surface area contributed by atoms with Gasteiger partial charge in [-0.1, -0.05) is 18.2 Å². The lowest BCUT2D eigenvalue weighted by Crippen LogP contribution is -2.47. The molecule has 0 spiro atoms. The van der Waals surface area contributed by atoms with Crippen molar-refractivity contribution >= 4 is 0 Å². The van der Waals surface area contributed by atoms with E-state index in [4.69, 9.17) is 0 Å². The summed E-state index contributed by atoms with van der Waals surface area (Å²) in [5.74, 6) is 9.73. The number of rotatable bonds is 6. The summed E-state index contributed by atoms with van der Waals surface area (Å²) < 4.78 is 0. The maximum absolute atomic E-state index is 2.81. The zero-order valence-electron chi connectivity index (χ0n) is 24.8. The van der Waals surface area contributed by atoms with Gasteiger partial charge in [-0.25, -0.2) is 0 Å². The molecular weight excluding hydrogens is 468 g/mol. The van der Waals surface area contributed by atoms with Crippen molar-refractivity contribution in [1.82, 2.24) is 0 Å². The Morgan fingerprint density at radius 2 is 0.513 bits per heavy atom. The van der Waals surface area contributed by atoms with Gasteiger partial charge in [-0.15, -0.1) is 0 Å². The van der Waals surface area contributed by atoms with Crippen LogP contribution in [0.2, 0.25) is 0 Å². The summed E-state index contributed by atoms with van der Waals surface area (Å²) in [7, 11) is 0. The molecule has 0 atom stereocenters. The van der Waals surface area contributed by atoms with E-state index in [9.17, 15) is 0 Å². The number of hydrogen-bond donors (Lipinski definition) is 0. The minimum absolute atomic E-state index is 0.673. The molecule has 12 fully saturated rings. The molecule has 39 heavy (non-hydrogen) atoms. The highest BCUT2D eigenvalue weighted by Gasteiger charge is 2.53. The highest BCUT2D eigenvalue weighted by atomic mass is 14.6. The smallest absolute Gasteiger partial charge is 0.0221 e. The normalized spacial score (nSPS) is 53.7. The average Bonchev–Trinajstić information content (AvgIpc) is 2.80. The molecule has 12 bridgehead atoms. The second kappa shape index (κ2) is 8.19. The zero-order valence-corrected chi connectivity index (χ0v) is 24.8. The first kappa shape index (κ1) is 23.7. The monoisotopic (exact) mass is 522 g/mol. The largest absolute Gasteiger partial charge is 0.0558 e. The fraction of sp³-hybridized carbons (Fsp3) is 0.846. The zero-order chi connectivity index (χ0) is 25.4. The van der Waals surface area contributed by atoms with Crippen LogP contribution in [0.1, 0.15) is 132 Å². The summed E-state index contributed by atoms with van der Waals surface area (Å²) in [6.45, 7) is 0. The Morgan fingerprint density at radius 3 is 0.692 bits per heavy atom. The Balaban J connectivity index is 0.985. The van der Waals surface area contributed by atoms with E-state index < -0.39 is 0 Å². The molecule has 13 rings (SSSR count). The molecule has 210 valence electrons. The summed E-state index contributed by atoms with van der Waals surface area (Å²) >= 11 is 0. The van der Waals surface area contributed by atoms with Gasteiger partial charge in [0.25, 0.3) is 0 Å². The fourth-order valence-electron chi connectivity index (χ4n) is 16.0. The van der Waals surface area contributed by atoms with Gasteiger partial charge in [0.15, 0.2) is 0 Å². The van der Waals surface area contributed by atoms with Gasteiger partial charge in [0, 0.05) is 0 Å². The lowest BCUT2D eigenvalue weighted by molar-refractivity contribution is -0.0534. The van der Waals surface area contributed by atoms with E-state index in [0.29, 0.717) is 16.2 Å². The van der Waals surface area contributed by atoms with E-state index >= 15 is 0 Å². The topological polar surface area (TPSA) is 0 Å². The second-order valence-corrected chi connectivity index (χ2v) is 18.9. The first-order valence-electron chi connectivity index (χ1n) is 18.1. The third-order valence-corrected chi connectivity index (χ3v) is 15.3. The van der Waals surface area contributed by atoms with E-state index in [1.165, 1.54) is 19.3 Å². The van der Waals surface area contributed by atoms with Crippen molar-refractivity contribution in [1.29, 1.82) is 0 Å². The Kier molecular flexibility index (Phi) is 4.99. The first-order chi connectivity index (χ1) is 18.9. The summed E-state index contributed by atoms with van der Waals surface area (Å²) in [5, 5.41) is 0. The van der Waals surface area contributed by atoms with Gasteiger partial charge in [-0.3, -0.25) is 0 Å². The van der Waals surface area contributed by atoms with Gasteiger partial charge >= 0.3 is 0 Å². The van der Waals surface area contributed by atoms with Crippen LogP contribution in [-0.4, -0.2) is 0 Å². The van der Waals surface area contributed by atoms with E-state index in [2.05, 4.69) is 18.2 Å². The molecule has 0 radical (unpaired) electrons. The van der Waals surface area contributed by atoms with Crippen molar-refractivity contribution in [2.24, 2.45) is 69.5 Å². The maximum atomic E-state index is 2.81. The lowest BCUT2D eigenvalue weighted by atomic mass is 9.48. The summed E-state index contributed by atoms with van der Waals surface area (Å²) in [6.07, 6.45) is 32.7. The quantitative estimate of drug-likeness (QED) is 0.349. The molecule has 0 N–H and O–H groups in total. The van der Waals surface area contributed by atoms with Crippen molar-refractivity contribution in [2.45, 2.75) is 135 Å². The van der Waals surface area contributed by atoms with Crippen molar-refractivity contribution in [2.75, 3.05) is 0 Å². The molecule has 1 aromatic carbocycles. The third-order valence-electron chi connectivity index (χ3n) is 15.3. The molecule has 0 saturated heterocycles. The predicted octanol–water partition coefficient (Wildman–Crippen LogP) is 9.96. The molecule has 0 heteroatoms. The number of benzene rings is 1. The van der Waals surface area contributed by atoms with Gasteiger partial charge in [0.05, 0.1) is 0 Å². The molecular formula is C39H54. The van der Waals surface area contributed by atoms with Crippen LogP contribution < -0.4 is 0 Å². The Morgan fingerprint density at radius 1 is 0.333 bits per heavy atom. The Hall–Kier alpha value is -0.780. The van der Waals surface area contributed by atoms with Gasteiger partial charge < -0.3 is 0 Å². The van der Waals surface area contributed by atoms with Crippen molar-refractivity contribution in [3.8, 4) is 0 Å². The molecule has 0 aromatic heterocycles. The third kappa shape index (κ3) is 4.02. The highest BCUT2D eigenvalue weighted by Crippen LogP contribution is 2.64. The van der Waals surface area contributed by atoms with E-state index in [0.717, 1.165) is 53.3 Å². The summed E-state index contributed by atoms with van der Waals surface area (Å²) in [6, 6.07) is 8.42. The predicted molar refractivity (Wildman–Crippen MR) is 159 cm³/mol. The van der Waals surface area contributed by atoms with E-state index in [-0.39, 0.29) is 0 Å². The first-order valence-corrected chi connectivity index (χ1v) is 18.1. The highest BCUT2D eigenvalue weighted by molar-refractivity contribution is 5.34. The fourth-order valence-corrected chi connectivity index (χ4v) is 16.0. The van der Waals surface area contributed by atoms with E-state index in [1.807, 2.05) is 0 Å². The molecule has 0 nitrogen and oxygen atoms in total. The van der Waals surface area contributed by atoms with Crippen molar-refractivity contribution in [3.63, 3.8) is 0 Å². The maximum Gasteiger partial charge on any atom is -0.0221 e. The molecule has 12 aliphatic rings. The standard InChI is InChI=1S/C39H54/c1-25-2-27-3-26(1)14-37(13-25,15-27)22-34-10-35(23-38-16-28-4-29(17-38)6-30(5-28)18-38)12-36(11-34)24-39-19-31-7-32(20-39)9-33(8-31)21-39/h10-12,25-33H,1-9,13-24H2. The van der Waals surface area contributed by atoms with Gasteiger partial charge in [-0.05, 0) is 221 Å². The van der Waals surface area contributed by atoms with Crippen molar-refractivity contribution < 1.29 is 0 Å². The molecule has 0 amide bonds. The van der Waals surface area contributed by atoms with Gasteiger partial charge in [0.2, 0.25) is 0 Å². The minimum atomic E-state index is 0.673. The van der Waals surface area contributed by atoms with Crippen LogP contribution in [0, 0.1) is 69.5 Å². The molecule has 1 aromatic rings. The Labute approximate surface area is 238 Å². The van der Waals surface area contributed by atoms with Crippen molar-refractivity contribution in [3.05, 3.63) is 34.9 Å². The summed E-state index contributed by atoms with van der Waals surface area (Å²) in [4.78, 5) is 0. The van der Waals surface area contributed by atoms with Gasteiger partial charge in [0.1, 0.15) is 0 Å². The van der Waals surface area contributed by atoms with Gasteiger partial charge in [-0.2, -0.15) is 0 Å². The van der Waals surface area contributed by atoms with Crippen LogP contribution in [0.5, 0.6) is 0 Å². The molecule has 12 saturated carbocycles. The Bertz CT molecular complexity index is 890. The van der Waals surface area contributed by atoms with E-state index in [1.54, 1.807) is 132 Å². The lowest BCUT2D eigenvalue weighted by Gasteiger charge is -2.57. The number of hydrogen-bond acceptors (Lipinski definition) is 0. The molecule has 0 unspecified atom stereocenters. The van der Waals surface area contributed by atoms with Crippen LogP contribution in [0.25, 0.3) is 0 Å². The van der Waals surface area contributed by atoms with Crippen LogP contribution >= 0.6 is 0 Å². The molecule has 0 heterocycles.